The van der Waals surface area contributed by atoms with Gasteiger partial charge in [0, 0.05) is 5.56 Å². The summed E-state index contributed by atoms with van der Waals surface area (Å²) >= 11 is 0. The molecule has 0 radical (unpaired) electrons. The van der Waals surface area contributed by atoms with Gasteiger partial charge < -0.3 is 16.2 Å². The van der Waals surface area contributed by atoms with E-state index in [2.05, 4.69) is 14.7 Å². The summed E-state index contributed by atoms with van der Waals surface area (Å²) in [6.07, 6.45) is -5.07. The molecule has 0 bridgehead atoms. The molecule has 1 aromatic carbocycles. The first-order valence-electron chi connectivity index (χ1n) is 5.60. The monoisotopic (exact) mass is 313 g/mol. The number of halogens is 4. The number of ether oxygens (including phenoxy) is 1. The molecule has 0 aliphatic carbocycles. The number of alkyl halides is 3. The van der Waals surface area contributed by atoms with Crippen LogP contribution in [-0.2, 0) is 0 Å². The minimum absolute atomic E-state index is 0.0296. The van der Waals surface area contributed by atoms with E-state index in [-0.39, 0.29) is 28.6 Å². The van der Waals surface area contributed by atoms with Gasteiger partial charge in [0.25, 0.3) is 0 Å². The molecule has 0 atom stereocenters. The van der Waals surface area contributed by atoms with Crippen molar-refractivity contribution in [2.45, 2.75) is 6.36 Å². The topological polar surface area (TPSA) is 111 Å². The summed E-state index contributed by atoms with van der Waals surface area (Å²) in [6.45, 7) is 0. The predicted octanol–water partition coefficient (Wildman–Crippen LogP) is 2.22. The van der Waals surface area contributed by atoms with E-state index in [1.165, 1.54) is 0 Å². The normalized spacial score (nSPS) is 11.0. The molecule has 10 heteroatoms. The Balaban J connectivity index is 2.60. The van der Waals surface area contributed by atoms with Gasteiger partial charge in [-0.15, -0.1) is 13.2 Å². The molecular weight excluding hydrogens is 306 g/mol. The fourth-order valence-corrected chi connectivity index (χ4v) is 1.67. The lowest BCUT2D eigenvalue weighted by atomic mass is 10.1. The zero-order chi connectivity index (χ0) is 16.5. The third-order valence-corrected chi connectivity index (χ3v) is 2.50. The standard InChI is InChI=1S/C12H7F4N5O/c13-7-2-1-5(3-8(7)22-12(14,15)16)9-6(4-17)10(18)21-11(19)20-9/h1-3H,(H4,18,19,20,21). The lowest BCUT2D eigenvalue weighted by Gasteiger charge is -2.12. The minimum Gasteiger partial charge on any atom is -0.403 e. The first-order valence-corrected chi connectivity index (χ1v) is 5.60. The number of nitriles is 1. The number of hydrogen-bond donors (Lipinski definition) is 2. The number of hydrogen-bond acceptors (Lipinski definition) is 6. The van der Waals surface area contributed by atoms with Gasteiger partial charge in [-0.2, -0.15) is 10.2 Å². The van der Waals surface area contributed by atoms with Crippen LogP contribution >= 0.6 is 0 Å². The molecule has 0 fully saturated rings. The summed E-state index contributed by atoms with van der Waals surface area (Å²) in [5.41, 5.74) is 10.5. The maximum absolute atomic E-state index is 13.4. The first kappa shape index (κ1) is 15.3. The Labute approximate surface area is 121 Å². The van der Waals surface area contributed by atoms with Gasteiger partial charge in [-0.3, -0.25) is 0 Å². The molecular formula is C12H7F4N5O. The number of benzene rings is 1. The number of nitrogens with zero attached hydrogens (tertiary/aromatic N) is 3. The largest absolute Gasteiger partial charge is 0.573 e. The van der Waals surface area contributed by atoms with E-state index in [4.69, 9.17) is 16.7 Å². The average Bonchev–Trinajstić information content (AvgIpc) is 2.39. The molecule has 114 valence electrons. The number of nitrogens with two attached hydrogens (primary N) is 2. The van der Waals surface area contributed by atoms with Gasteiger partial charge in [0.1, 0.15) is 17.5 Å². The van der Waals surface area contributed by atoms with Gasteiger partial charge in [0.05, 0.1) is 5.69 Å². The third-order valence-electron chi connectivity index (χ3n) is 2.50. The van der Waals surface area contributed by atoms with Crippen LogP contribution in [0.5, 0.6) is 5.75 Å². The molecule has 22 heavy (non-hydrogen) atoms. The van der Waals surface area contributed by atoms with Gasteiger partial charge in [0.15, 0.2) is 11.6 Å². The van der Waals surface area contributed by atoms with Gasteiger partial charge in [0.2, 0.25) is 5.95 Å². The van der Waals surface area contributed by atoms with Crippen LogP contribution in [0.15, 0.2) is 18.2 Å². The van der Waals surface area contributed by atoms with E-state index in [0.29, 0.717) is 0 Å². The highest BCUT2D eigenvalue weighted by Crippen LogP contribution is 2.32. The average molecular weight is 313 g/mol. The molecule has 1 heterocycles. The van der Waals surface area contributed by atoms with E-state index in [1.807, 2.05) is 0 Å². The van der Waals surface area contributed by atoms with Crippen LogP contribution in [0.1, 0.15) is 5.56 Å². The van der Waals surface area contributed by atoms with Gasteiger partial charge in [-0.1, -0.05) is 0 Å². The molecule has 6 nitrogen and oxygen atoms in total. The van der Waals surface area contributed by atoms with Crippen molar-refractivity contribution in [3.05, 3.63) is 29.6 Å². The number of anilines is 2. The van der Waals surface area contributed by atoms with Crippen molar-refractivity contribution in [2.24, 2.45) is 0 Å². The quantitative estimate of drug-likeness (QED) is 0.822. The molecule has 0 unspecified atom stereocenters. The number of nitrogen functional groups attached to an aromatic ring is 2. The fourth-order valence-electron chi connectivity index (χ4n) is 1.67. The second-order valence-electron chi connectivity index (χ2n) is 4.00. The number of aromatic nitrogens is 2. The van der Waals surface area contributed by atoms with Crippen LogP contribution in [0.25, 0.3) is 11.3 Å². The zero-order valence-corrected chi connectivity index (χ0v) is 10.6. The van der Waals surface area contributed by atoms with Crippen LogP contribution in [0.3, 0.4) is 0 Å². The third kappa shape index (κ3) is 3.14. The van der Waals surface area contributed by atoms with Crippen molar-refractivity contribution in [3.63, 3.8) is 0 Å². The summed E-state index contributed by atoms with van der Waals surface area (Å²) in [5, 5.41) is 9.03. The lowest BCUT2D eigenvalue weighted by Crippen LogP contribution is -2.18. The Bertz CT molecular complexity index is 769. The van der Waals surface area contributed by atoms with E-state index in [9.17, 15) is 17.6 Å². The predicted molar refractivity (Wildman–Crippen MR) is 67.6 cm³/mol. The molecule has 2 aromatic rings. The fraction of sp³-hybridized carbons (Fsp3) is 0.0833. The Morgan fingerprint density at radius 3 is 2.45 bits per heavy atom. The number of rotatable bonds is 2. The highest BCUT2D eigenvalue weighted by Gasteiger charge is 2.32. The second-order valence-corrected chi connectivity index (χ2v) is 4.00. The molecule has 0 saturated heterocycles. The highest BCUT2D eigenvalue weighted by atomic mass is 19.4. The van der Waals surface area contributed by atoms with Gasteiger partial charge >= 0.3 is 6.36 Å². The van der Waals surface area contributed by atoms with Crippen molar-refractivity contribution >= 4 is 11.8 Å². The van der Waals surface area contributed by atoms with Crippen LogP contribution < -0.4 is 16.2 Å². The summed E-state index contributed by atoms with van der Waals surface area (Å²) in [6, 6.07) is 4.30. The maximum Gasteiger partial charge on any atom is 0.573 e. The van der Waals surface area contributed by atoms with E-state index < -0.39 is 17.9 Å². The Kier molecular flexibility index (Phi) is 3.73. The molecule has 0 aliphatic heterocycles. The minimum atomic E-state index is -5.07. The van der Waals surface area contributed by atoms with Crippen molar-refractivity contribution in [2.75, 3.05) is 11.5 Å². The van der Waals surface area contributed by atoms with Crippen LogP contribution in [0, 0.1) is 17.1 Å². The molecule has 0 amide bonds. The van der Waals surface area contributed by atoms with Crippen molar-refractivity contribution in [1.82, 2.24) is 9.97 Å². The summed E-state index contributed by atoms with van der Waals surface area (Å²) in [5.74, 6) is -2.82. The zero-order valence-electron chi connectivity index (χ0n) is 10.6. The summed E-state index contributed by atoms with van der Waals surface area (Å²) in [7, 11) is 0. The first-order chi connectivity index (χ1) is 10.2. The second kappa shape index (κ2) is 5.36. The molecule has 4 N–H and O–H groups in total. The van der Waals surface area contributed by atoms with Crippen LogP contribution in [0.2, 0.25) is 0 Å². The molecule has 0 spiro atoms. The Morgan fingerprint density at radius 2 is 1.86 bits per heavy atom. The maximum atomic E-state index is 13.4. The van der Waals surface area contributed by atoms with Gasteiger partial charge in [-0.25, -0.2) is 9.37 Å². The van der Waals surface area contributed by atoms with Crippen molar-refractivity contribution < 1.29 is 22.3 Å². The van der Waals surface area contributed by atoms with Crippen LogP contribution in [-0.4, -0.2) is 16.3 Å². The van der Waals surface area contributed by atoms with E-state index in [0.717, 1.165) is 18.2 Å². The smallest absolute Gasteiger partial charge is 0.403 e. The Morgan fingerprint density at radius 1 is 1.18 bits per heavy atom. The van der Waals surface area contributed by atoms with Crippen molar-refractivity contribution in [1.29, 1.82) is 5.26 Å². The van der Waals surface area contributed by atoms with E-state index >= 15 is 0 Å². The summed E-state index contributed by atoms with van der Waals surface area (Å²) < 4.78 is 53.6. The molecule has 0 saturated carbocycles. The lowest BCUT2D eigenvalue weighted by molar-refractivity contribution is -0.275. The van der Waals surface area contributed by atoms with Gasteiger partial charge in [-0.05, 0) is 18.2 Å². The van der Waals surface area contributed by atoms with Crippen molar-refractivity contribution in [3.8, 4) is 23.1 Å². The molecule has 2 rings (SSSR count). The molecule has 1 aromatic heterocycles. The SMILES string of the molecule is N#Cc1c(N)nc(N)nc1-c1ccc(F)c(OC(F)(F)F)c1. The summed E-state index contributed by atoms with van der Waals surface area (Å²) in [4.78, 5) is 7.31. The van der Waals surface area contributed by atoms with E-state index in [1.54, 1.807) is 6.07 Å². The Hall–Kier alpha value is -3.09. The highest BCUT2D eigenvalue weighted by molar-refractivity contribution is 5.73. The van der Waals surface area contributed by atoms with Crippen LogP contribution in [0.4, 0.5) is 29.3 Å². The molecule has 0 aliphatic rings.